The summed E-state index contributed by atoms with van der Waals surface area (Å²) >= 11 is 0. The maximum atomic E-state index is 5.67. The van der Waals surface area contributed by atoms with Crippen LogP contribution in [-0.4, -0.2) is 47.6 Å². The van der Waals surface area contributed by atoms with Crippen molar-refractivity contribution in [3.05, 3.63) is 11.8 Å². The van der Waals surface area contributed by atoms with Gasteiger partial charge < -0.3 is 10.6 Å². The van der Waals surface area contributed by atoms with Gasteiger partial charge in [0.1, 0.15) is 5.82 Å². The molecule has 1 aromatic rings. The summed E-state index contributed by atoms with van der Waals surface area (Å²) in [4.78, 5) is 13.1. The van der Waals surface area contributed by atoms with Gasteiger partial charge in [0.2, 0.25) is 5.95 Å². The minimum Gasteiger partial charge on any atom is -0.368 e. The average molecular weight is 235 g/mol. The van der Waals surface area contributed by atoms with Crippen LogP contribution in [0.3, 0.4) is 0 Å². The molecule has 0 amide bonds. The number of hydrogen-bond acceptors (Lipinski definition) is 5. The van der Waals surface area contributed by atoms with E-state index in [0.717, 1.165) is 37.4 Å². The molecule has 0 bridgehead atoms. The van der Waals surface area contributed by atoms with E-state index in [4.69, 9.17) is 5.73 Å². The summed E-state index contributed by atoms with van der Waals surface area (Å²) in [5.41, 5.74) is 6.77. The number of aromatic nitrogens is 2. The highest BCUT2D eigenvalue weighted by atomic mass is 15.3. The van der Waals surface area contributed by atoms with Crippen LogP contribution in [0.4, 0.5) is 11.8 Å². The summed E-state index contributed by atoms with van der Waals surface area (Å²) in [5.74, 6) is 1.35. The molecule has 0 aliphatic carbocycles. The molecule has 0 saturated carbocycles. The summed E-state index contributed by atoms with van der Waals surface area (Å²) in [7, 11) is 2.19. The molecule has 1 saturated heterocycles. The predicted molar refractivity (Wildman–Crippen MR) is 70.1 cm³/mol. The Labute approximate surface area is 103 Å². The number of piperazine rings is 1. The Morgan fingerprint density at radius 1 is 1.47 bits per heavy atom. The van der Waals surface area contributed by atoms with E-state index in [1.54, 1.807) is 6.20 Å². The third-order valence-corrected chi connectivity index (χ3v) is 3.51. The van der Waals surface area contributed by atoms with Gasteiger partial charge in [0.15, 0.2) is 0 Å². The Hall–Kier alpha value is -1.36. The quantitative estimate of drug-likeness (QED) is 0.825. The minimum absolute atomic E-state index is 0.359. The lowest BCUT2D eigenvalue weighted by atomic mass is 10.1. The summed E-state index contributed by atoms with van der Waals surface area (Å²) in [5, 5.41) is 0. The van der Waals surface area contributed by atoms with E-state index in [1.807, 2.05) is 6.92 Å². The fourth-order valence-electron chi connectivity index (χ4n) is 2.35. The highest BCUT2D eigenvalue weighted by Gasteiger charge is 2.24. The molecule has 94 valence electrons. The van der Waals surface area contributed by atoms with E-state index in [2.05, 4.69) is 33.7 Å². The molecular weight excluding hydrogens is 214 g/mol. The van der Waals surface area contributed by atoms with Crippen LogP contribution in [0.15, 0.2) is 6.20 Å². The van der Waals surface area contributed by atoms with E-state index in [0.29, 0.717) is 12.0 Å². The number of nitrogen functional groups attached to an aromatic ring is 1. The Morgan fingerprint density at radius 3 is 2.94 bits per heavy atom. The van der Waals surface area contributed by atoms with Crippen molar-refractivity contribution < 1.29 is 0 Å². The van der Waals surface area contributed by atoms with Crippen LogP contribution in [0.5, 0.6) is 0 Å². The highest BCUT2D eigenvalue weighted by Crippen LogP contribution is 2.21. The van der Waals surface area contributed by atoms with Crippen molar-refractivity contribution in [3.8, 4) is 0 Å². The number of rotatable bonds is 2. The molecule has 0 aromatic carbocycles. The Balaban J connectivity index is 2.20. The van der Waals surface area contributed by atoms with Crippen LogP contribution in [-0.2, 0) is 0 Å². The van der Waals surface area contributed by atoms with Crippen molar-refractivity contribution in [1.82, 2.24) is 14.9 Å². The van der Waals surface area contributed by atoms with Crippen LogP contribution in [0, 0.1) is 6.92 Å². The normalized spacial score (nSPS) is 21.8. The standard InChI is InChI=1S/C12H21N5/c1-4-10-8-17(6-5-16(10)3)11-9(2)7-14-12(13)15-11/h7,10H,4-6,8H2,1-3H3,(H2,13,14,15). The van der Waals surface area contributed by atoms with Crippen LogP contribution >= 0.6 is 0 Å². The van der Waals surface area contributed by atoms with Crippen LogP contribution in [0.1, 0.15) is 18.9 Å². The molecule has 1 atom stereocenters. The van der Waals surface area contributed by atoms with E-state index in [9.17, 15) is 0 Å². The highest BCUT2D eigenvalue weighted by molar-refractivity contribution is 5.48. The van der Waals surface area contributed by atoms with Gasteiger partial charge in [-0.15, -0.1) is 0 Å². The summed E-state index contributed by atoms with van der Waals surface area (Å²) in [6.07, 6.45) is 2.96. The van der Waals surface area contributed by atoms with Gasteiger partial charge in [0, 0.05) is 37.4 Å². The topological polar surface area (TPSA) is 58.3 Å². The predicted octanol–water partition coefficient (Wildman–Crippen LogP) is 0.898. The number of anilines is 2. The average Bonchev–Trinajstić information content (AvgIpc) is 2.33. The molecule has 0 radical (unpaired) electrons. The smallest absolute Gasteiger partial charge is 0.221 e. The number of aryl methyl sites for hydroxylation is 1. The summed E-state index contributed by atoms with van der Waals surface area (Å²) in [6, 6.07) is 0.597. The Kier molecular flexibility index (Phi) is 3.47. The third-order valence-electron chi connectivity index (χ3n) is 3.51. The summed E-state index contributed by atoms with van der Waals surface area (Å²) in [6.45, 7) is 7.36. The number of nitrogens with two attached hydrogens (primary N) is 1. The van der Waals surface area contributed by atoms with Crippen molar-refractivity contribution in [2.24, 2.45) is 0 Å². The van der Waals surface area contributed by atoms with Crippen molar-refractivity contribution in [3.63, 3.8) is 0 Å². The maximum Gasteiger partial charge on any atom is 0.221 e. The molecule has 5 heteroatoms. The van der Waals surface area contributed by atoms with E-state index >= 15 is 0 Å². The Morgan fingerprint density at radius 2 is 2.24 bits per heavy atom. The number of nitrogens with zero attached hydrogens (tertiary/aromatic N) is 4. The monoisotopic (exact) mass is 235 g/mol. The Bertz CT molecular complexity index is 392. The lowest BCUT2D eigenvalue weighted by molar-refractivity contribution is 0.213. The molecule has 0 spiro atoms. The largest absolute Gasteiger partial charge is 0.368 e. The second-order valence-electron chi connectivity index (χ2n) is 4.72. The molecule has 1 unspecified atom stereocenters. The zero-order valence-electron chi connectivity index (χ0n) is 10.8. The SMILES string of the molecule is CCC1CN(c2nc(N)ncc2C)CCN1C. The fraction of sp³-hybridized carbons (Fsp3) is 0.667. The lowest BCUT2D eigenvalue weighted by Gasteiger charge is -2.40. The first-order chi connectivity index (χ1) is 8.11. The number of likely N-dealkylation sites (N-methyl/N-ethyl adjacent to an activating group) is 1. The van der Waals surface area contributed by atoms with Crippen LogP contribution in [0.25, 0.3) is 0 Å². The van der Waals surface area contributed by atoms with Gasteiger partial charge in [-0.1, -0.05) is 6.92 Å². The van der Waals surface area contributed by atoms with Gasteiger partial charge in [0.25, 0.3) is 0 Å². The molecule has 2 heterocycles. The third kappa shape index (κ3) is 2.49. The molecule has 17 heavy (non-hydrogen) atoms. The molecule has 1 aliphatic heterocycles. The van der Waals surface area contributed by atoms with E-state index in [1.165, 1.54) is 0 Å². The summed E-state index contributed by atoms with van der Waals surface area (Å²) < 4.78 is 0. The van der Waals surface area contributed by atoms with Gasteiger partial charge >= 0.3 is 0 Å². The zero-order chi connectivity index (χ0) is 12.4. The molecule has 5 nitrogen and oxygen atoms in total. The molecular formula is C12H21N5. The molecule has 1 aliphatic rings. The van der Waals surface area contributed by atoms with Crippen molar-refractivity contribution in [2.45, 2.75) is 26.3 Å². The van der Waals surface area contributed by atoms with Gasteiger partial charge in [-0.2, -0.15) is 4.98 Å². The zero-order valence-corrected chi connectivity index (χ0v) is 10.8. The van der Waals surface area contributed by atoms with Gasteiger partial charge in [-0.25, -0.2) is 4.98 Å². The lowest BCUT2D eigenvalue weighted by Crippen LogP contribution is -2.51. The van der Waals surface area contributed by atoms with E-state index in [-0.39, 0.29) is 0 Å². The van der Waals surface area contributed by atoms with Gasteiger partial charge in [0.05, 0.1) is 0 Å². The first kappa shape index (κ1) is 12.1. The van der Waals surface area contributed by atoms with Crippen molar-refractivity contribution in [2.75, 3.05) is 37.3 Å². The first-order valence-electron chi connectivity index (χ1n) is 6.16. The van der Waals surface area contributed by atoms with Crippen LogP contribution < -0.4 is 10.6 Å². The molecule has 2 rings (SSSR count). The van der Waals surface area contributed by atoms with Crippen molar-refractivity contribution >= 4 is 11.8 Å². The molecule has 2 N–H and O–H groups in total. The van der Waals surface area contributed by atoms with Gasteiger partial charge in [-0.3, -0.25) is 4.90 Å². The second kappa shape index (κ2) is 4.87. The molecule has 1 aromatic heterocycles. The van der Waals surface area contributed by atoms with Gasteiger partial charge in [-0.05, 0) is 20.4 Å². The van der Waals surface area contributed by atoms with E-state index < -0.39 is 0 Å². The molecule has 1 fully saturated rings. The fourth-order valence-corrected chi connectivity index (χ4v) is 2.35. The van der Waals surface area contributed by atoms with Crippen LogP contribution in [0.2, 0.25) is 0 Å². The second-order valence-corrected chi connectivity index (χ2v) is 4.72. The maximum absolute atomic E-state index is 5.67. The minimum atomic E-state index is 0.359. The number of hydrogen-bond donors (Lipinski definition) is 1. The first-order valence-corrected chi connectivity index (χ1v) is 6.16. The van der Waals surface area contributed by atoms with Crippen molar-refractivity contribution in [1.29, 1.82) is 0 Å².